The number of likely N-dealkylation sites (N-methyl/N-ethyl adjacent to an activating group) is 1. The van der Waals surface area contributed by atoms with Gasteiger partial charge in [0.15, 0.2) is 12.2 Å². The number of carbonyl (C=O) groups excluding carboxylic acids is 1. The van der Waals surface area contributed by atoms with Gasteiger partial charge in [-0.2, -0.15) is 10.2 Å². The third-order valence-corrected chi connectivity index (χ3v) is 3.90. The molecule has 0 fully saturated rings. The fraction of sp³-hybridized carbons (Fsp3) is 0.200. The van der Waals surface area contributed by atoms with Gasteiger partial charge >= 0.3 is 0 Å². The van der Waals surface area contributed by atoms with Crippen LogP contribution in [0.1, 0.15) is 11.1 Å². The first kappa shape index (κ1) is 17.5. The van der Waals surface area contributed by atoms with Crippen LogP contribution in [-0.2, 0) is 17.8 Å². The second-order valence-corrected chi connectivity index (χ2v) is 6.09. The van der Waals surface area contributed by atoms with Crippen molar-refractivity contribution in [2.45, 2.75) is 13.0 Å². The van der Waals surface area contributed by atoms with E-state index in [1.54, 1.807) is 25.2 Å². The van der Waals surface area contributed by atoms with Crippen molar-refractivity contribution in [3.05, 3.63) is 72.2 Å². The van der Waals surface area contributed by atoms with Gasteiger partial charge in [-0.25, -0.2) is 4.98 Å². The van der Waals surface area contributed by atoms with E-state index < -0.39 is 0 Å². The summed E-state index contributed by atoms with van der Waals surface area (Å²) < 4.78 is 5.26. The fourth-order valence-electron chi connectivity index (χ4n) is 2.34. The molecule has 1 aromatic heterocycles. The lowest BCUT2D eigenvalue weighted by Gasteiger charge is -2.10. The number of benzene rings is 2. The van der Waals surface area contributed by atoms with Gasteiger partial charge in [0.05, 0.1) is 24.8 Å². The van der Waals surface area contributed by atoms with E-state index in [0.29, 0.717) is 13.0 Å². The second kappa shape index (κ2) is 8.20. The highest BCUT2D eigenvalue weighted by Gasteiger charge is 2.05. The van der Waals surface area contributed by atoms with E-state index in [0.717, 1.165) is 28.1 Å². The Morgan fingerprint density at radius 2 is 1.73 bits per heavy atom. The molecule has 0 aliphatic rings. The molecule has 0 unspecified atom stereocenters. The molecule has 0 saturated heterocycles. The van der Waals surface area contributed by atoms with Gasteiger partial charge in [-0.05, 0) is 35.4 Å². The van der Waals surface area contributed by atoms with Crippen molar-refractivity contribution in [2.75, 3.05) is 14.1 Å². The molecular weight excluding hydrogens is 328 g/mol. The van der Waals surface area contributed by atoms with Crippen LogP contribution in [0.25, 0.3) is 11.3 Å². The molecule has 0 atom stereocenters. The number of hydrogen-bond acceptors (Lipinski definition) is 5. The first-order valence-corrected chi connectivity index (χ1v) is 8.26. The summed E-state index contributed by atoms with van der Waals surface area (Å²) in [6.07, 6.45) is 3.49. The SMILES string of the molecule is CN(C)C(=O)Cc1ccc(CN=Nc2ccc(-c3cnco3)cc2)cc1. The van der Waals surface area contributed by atoms with E-state index in [2.05, 4.69) is 15.2 Å². The molecule has 3 rings (SSSR count). The maximum absolute atomic E-state index is 11.7. The molecule has 0 aliphatic heterocycles. The Hall–Kier alpha value is -3.28. The summed E-state index contributed by atoms with van der Waals surface area (Å²) in [4.78, 5) is 17.2. The highest BCUT2D eigenvalue weighted by molar-refractivity contribution is 5.78. The number of amides is 1. The average molecular weight is 348 g/mol. The Bertz CT molecular complexity index is 867. The molecule has 3 aromatic rings. The van der Waals surface area contributed by atoms with E-state index in [4.69, 9.17) is 4.42 Å². The Morgan fingerprint density at radius 1 is 1.04 bits per heavy atom. The summed E-state index contributed by atoms with van der Waals surface area (Å²) >= 11 is 0. The lowest BCUT2D eigenvalue weighted by molar-refractivity contribution is -0.127. The summed E-state index contributed by atoms with van der Waals surface area (Å²) in [5.41, 5.74) is 3.77. The molecule has 6 heteroatoms. The van der Waals surface area contributed by atoms with E-state index >= 15 is 0 Å². The zero-order valence-corrected chi connectivity index (χ0v) is 14.8. The number of nitrogens with zero attached hydrogens (tertiary/aromatic N) is 4. The van der Waals surface area contributed by atoms with Crippen LogP contribution in [0.15, 0.2) is 75.8 Å². The zero-order chi connectivity index (χ0) is 18.4. The monoisotopic (exact) mass is 348 g/mol. The molecule has 26 heavy (non-hydrogen) atoms. The lowest BCUT2D eigenvalue weighted by atomic mass is 10.1. The minimum atomic E-state index is 0.0891. The summed E-state index contributed by atoms with van der Waals surface area (Å²) in [5, 5.41) is 8.47. The first-order chi connectivity index (χ1) is 12.6. The molecule has 0 spiro atoms. The summed E-state index contributed by atoms with van der Waals surface area (Å²) in [6.45, 7) is 0.492. The van der Waals surface area contributed by atoms with Crippen LogP contribution >= 0.6 is 0 Å². The Morgan fingerprint density at radius 3 is 2.35 bits per heavy atom. The number of rotatable bonds is 6. The fourth-order valence-corrected chi connectivity index (χ4v) is 2.34. The number of oxazole rings is 1. The molecular formula is C20H20N4O2. The van der Waals surface area contributed by atoms with Crippen molar-refractivity contribution < 1.29 is 9.21 Å². The van der Waals surface area contributed by atoms with Crippen molar-refractivity contribution >= 4 is 11.6 Å². The number of azo groups is 1. The molecule has 0 radical (unpaired) electrons. The second-order valence-electron chi connectivity index (χ2n) is 6.09. The van der Waals surface area contributed by atoms with E-state index in [-0.39, 0.29) is 5.91 Å². The van der Waals surface area contributed by atoms with Crippen molar-refractivity contribution in [3.8, 4) is 11.3 Å². The van der Waals surface area contributed by atoms with E-state index in [1.807, 2.05) is 48.5 Å². The van der Waals surface area contributed by atoms with Crippen LogP contribution in [0.2, 0.25) is 0 Å². The highest BCUT2D eigenvalue weighted by Crippen LogP contribution is 2.22. The molecule has 1 amide bonds. The Balaban J connectivity index is 1.56. The van der Waals surface area contributed by atoms with Gasteiger partial charge < -0.3 is 9.32 Å². The van der Waals surface area contributed by atoms with Crippen LogP contribution in [-0.4, -0.2) is 29.9 Å². The largest absolute Gasteiger partial charge is 0.444 e. The predicted octanol–water partition coefficient (Wildman–Crippen LogP) is 4.26. The van der Waals surface area contributed by atoms with Gasteiger partial charge in [0.1, 0.15) is 0 Å². The number of aromatic nitrogens is 1. The molecule has 2 aromatic carbocycles. The highest BCUT2D eigenvalue weighted by atomic mass is 16.3. The Labute approximate surface area is 152 Å². The van der Waals surface area contributed by atoms with E-state index in [9.17, 15) is 4.79 Å². The molecule has 1 heterocycles. The standard InChI is InChI=1S/C20H20N4O2/c1-24(2)20(25)11-15-3-5-16(6-4-15)12-22-23-18-9-7-17(8-10-18)19-13-21-14-26-19/h3-10,13-14H,11-12H2,1-2H3. The maximum atomic E-state index is 11.7. The van der Waals surface area contributed by atoms with Gasteiger partial charge in [-0.1, -0.05) is 24.3 Å². The topological polar surface area (TPSA) is 71.1 Å². The van der Waals surface area contributed by atoms with Gasteiger partial charge in [-0.15, -0.1) is 0 Å². The number of hydrogen-bond donors (Lipinski definition) is 0. The molecule has 0 bridgehead atoms. The van der Waals surface area contributed by atoms with Crippen LogP contribution in [0, 0.1) is 0 Å². The minimum absolute atomic E-state index is 0.0891. The maximum Gasteiger partial charge on any atom is 0.226 e. The molecule has 6 nitrogen and oxygen atoms in total. The van der Waals surface area contributed by atoms with Crippen LogP contribution in [0.5, 0.6) is 0 Å². The van der Waals surface area contributed by atoms with Crippen LogP contribution < -0.4 is 0 Å². The minimum Gasteiger partial charge on any atom is -0.444 e. The normalized spacial score (nSPS) is 11.0. The molecule has 0 aliphatic carbocycles. The third kappa shape index (κ3) is 4.63. The van der Waals surface area contributed by atoms with Crippen molar-refractivity contribution in [2.24, 2.45) is 10.2 Å². The van der Waals surface area contributed by atoms with Gasteiger partial charge in [0.25, 0.3) is 0 Å². The van der Waals surface area contributed by atoms with Crippen molar-refractivity contribution in [1.82, 2.24) is 9.88 Å². The van der Waals surface area contributed by atoms with Gasteiger partial charge in [0.2, 0.25) is 5.91 Å². The summed E-state index contributed by atoms with van der Waals surface area (Å²) in [6, 6.07) is 15.5. The average Bonchev–Trinajstić information content (AvgIpc) is 3.18. The lowest BCUT2D eigenvalue weighted by Crippen LogP contribution is -2.23. The zero-order valence-electron chi connectivity index (χ0n) is 14.8. The summed E-state index contributed by atoms with van der Waals surface area (Å²) in [7, 11) is 3.52. The van der Waals surface area contributed by atoms with Crippen LogP contribution in [0.3, 0.4) is 0 Å². The third-order valence-electron chi connectivity index (χ3n) is 3.90. The smallest absolute Gasteiger partial charge is 0.226 e. The summed E-state index contributed by atoms with van der Waals surface area (Å²) in [5.74, 6) is 0.813. The first-order valence-electron chi connectivity index (χ1n) is 8.26. The number of carbonyl (C=O) groups is 1. The van der Waals surface area contributed by atoms with Crippen LogP contribution in [0.4, 0.5) is 5.69 Å². The molecule has 0 saturated carbocycles. The van der Waals surface area contributed by atoms with Gasteiger partial charge in [-0.3, -0.25) is 4.79 Å². The quantitative estimate of drug-likeness (QED) is 0.625. The Kier molecular flexibility index (Phi) is 5.53. The predicted molar refractivity (Wildman–Crippen MR) is 99.0 cm³/mol. The van der Waals surface area contributed by atoms with Gasteiger partial charge in [0, 0.05) is 19.7 Å². The molecule has 0 N–H and O–H groups in total. The van der Waals surface area contributed by atoms with Crippen molar-refractivity contribution in [1.29, 1.82) is 0 Å². The van der Waals surface area contributed by atoms with E-state index in [1.165, 1.54) is 6.39 Å². The van der Waals surface area contributed by atoms with Crippen molar-refractivity contribution in [3.63, 3.8) is 0 Å². The molecule has 132 valence electrons.